The van der Waals surface area contributed by atoms with Crippen LogP contribution in [0.3, 0.4) is 0 Å². The fourth-order valence-corrected chi connectivity index (χ4v) is 2.93. The number of nitrogens with one attached hydrogen (secondary N) is 2. The van der Waals surface area contributed by atoms with Crippen molar-refractivity contribution < 1.29 is 9.59 Å². The molecule has 1 aliphatic carbocycles. The number of benzene rings is 1. The molecule has 1 fully saturated rings. The van der Waals surface area contributed by atoms with E-state index in [1.807, 2.05) is 25.1 Å². The van der Waals surface area contributed by atoms with Gasteiger partial charge in [0.1, 0.15) is 0 Å². The predicted octanol–water partition coefficient (Wildman–Crippen LogP) is 2.53. The highest BCUT2D eigenvalue weighted by Crippen LogP contribution is 2.26. The summed E-state index contributed by atoms with van der Waals surface area (Å²) >= 11 is 0. The Balaban J connectivity index is 0.00000288. The van der Waals surface area contributed by atoms with E-state index in [4.69, 9.17) is 5.73 Å². The molecule has 0 atom stereocenters. The minimum absolute atomic E-state index is 0. The van der Waals surface area contributed by atoms with Crippen molar-refractivity contribution in [1.82, 2.24) is 10.6 Å². The number of amides is 2. The summed E-state index contributed by atoms with van der Waals surface area (Å²) in [7, 11) is 0. The second kappa shape index (κ2) is 9.64. The van der Waals surface area contributed by atoms with Crippen molar-refractivity contribution in [1.29, 1.82) is 0 Å². The quantitative estimate of drug-likeness (QED) is 0.734. The van der Waals surface area contributed by atoms with E-state index < -0.39 is 5.54 Å². The molecule has 6 heteroatoms. The van der Waals surface area contributed by atoms with Gasteiger partial charge < -0.3 is 16.4 Å². The first-order valence-electron chi connectivity index (χ1n) is 8.49. The fraction of sp³-hybridized carbons (Fsp3) is 0.556. The van der Waals surface area contributed by atoms with Gasteiger partial charge in [0.2, 0.25) is 5.91 Å². The summed E-state index contributed by atoms with van der Waals surface area (Å²) in [5.41, 5.74) is 7.02. The molecule has 2 amide bonds. The average Bonchev–Trinajstić information content (AvgIpc) is 2.58. The zero-order chi connectivity index (χ0) is 16.7. The third kappa shape index (κ3) is 5.49. The van der Waals surface area contributed by atoms with Crippen molar-refractivity contribution >= 4 is 24.2 Å². The Bertz CT molecular complexity index is 557. The van der Waals surface area contributed by atoms with E-state index in [1.165, 1.54) is 0 Å². The molecule has 1 saturated carbocycles. The Kier molecular flexibility index (Phi) is 8.22. The second-order valence-electron chi connectivity index (χ2n) is 6.36. The summed E-state index contributed by atoms with van der Waals surface area (Å²) in [5.74, 6) is -0.166. The van der Waals surface area contributed by atoms with Gasteiger partial charge in [-0.25, -0.2) is 0 Å². The van der Waals surface area contributed by atoms with Crippen LogP contribution < -0.4 is 16.4 Å². The van der Waals surface area contributed by atoms with Crippen LogP contribution in [0.4, 0.5) is 0 Å². The van der Waals surface area contributed by atoms with E-state index in [0.717, 1.165) is 44.1 Å². The van der Waals surface area contributed by atoms with E-state index >= 15 is 0 Å². The molecular formula is C18H28ClN3O2. The molecule has 0 unspecified atom stereocenters. The van der Waals surface area contributed by atoms with E-state index in [-0.39, 0.29) is 24.2 Å². The van der Waals surface area contributed by atoms with Gasteiger partial charge in [0.25, 0.3) is 5.91 Å². The zero-order valence-corrected chi connectivity index (χ0v) is 15.1. The molecule has 1 aromatic rings. The highest BCUT2D eigenvalue weighted by Gasteiger charge is 2.34. The fourth-order valence-electron chi connectivity index (χ4n) is 2.93. The molecule has 0 radical (unpaired) electrons. The van der Waals surface area contributed by atoms with Crippen LogP contribution in [-0.2, 0) is 11.3 Å². The van der Waals surface area contributed by atoms with Crippen LogP contribution in [0.5, 0.6) is 0 Å². The first kappa shape index (κ1) is 20.5. The molecule has 4 N–H and O–H groups in total. The summed E-state index contributed by atoms with van der Waals surface area (Å²) in [6.45, 7) is 3.07. The van der Waals surface area contributed by atoms with E-state index in [1.54, 1.807) is 6.07 Å². The number of halogens is 1. The molecule has 0 saturated heterocycles. The van der Waals surface area contributed by atoms with Crippen molar-refractivity contribution in [3.63, 3.8) is 0 Å². The van der Waals surface area contributed by atoms with Gasteiger partial charge in [-0.2, -0.15) is 0 Å². The number of rotatable bonds is 6. The molecule has 1 aliphatic rings. The lowest BCUT2D eigenvalue weighted by atomic mass is 9.82. The maximum atomic E-state index is 12.3. The van der Waals surface area contributed by atoms with Crippen LogP contribution >= 0.6 is 12.4 Å². The van der Waals surface area contributed by atoms with Gasteiger partial charge in [-0.1, -0.05) is 38.3 Å². The van der Waals surface area contributed by atoms with E-state index in [9.17, 15) is 9.59 Å². The number of carbonyl (C=O) groups excluding carboxylic acids is 2. The third-order valence-corrected chi connectivity index (χ3v) is 4.38. The minimum Gasteiger partial charge on any atom is -0.352 e. The molecule has 1 aromatic carbocycles. The van der Waals surface area contributed by atoms with Crippen LogP contribution in [0.2, 0.25) is 0 Å². The number of carbonyl (C=O) groups is 2. The Labute approximate surface area is 150 Å². The third-order valence-electron chi connectivity index (χ3n) is 4.38. The Morgan fingerprint density at radius 3 is 2.54 bits per heavy atom. The van der Waals surface area contributed by atoms with Gasteiger partial charge in [-0.05, 0) is 37.0 Å². The predicted molar refractivity (Wildman–Crippen MR) is 98.2 cm³/mol. The standard InChI is InChI=1S/C18H27N3O2.ClH/c1-2-11-20-16(22)15-8-6-7-14(12-15)13-21-17(23)18(19)9-4-3-5-10-18;/h6-8,12H,2-5,9-11,13,19H2,1H3,(H,20,22)(H,21,23);1H. The number of hydrogen-bond acceptors (Lipinski definition) is 3. The van der Waals surface area contributed by atoms with Gasteiger partial charge in [-0.3, -0.25) is 9.59 Å². The highest BCUT2D eigenvalue weighted by molar-refractivity contribution is 5.94. The van der Waals surface area contributed by atoms with Gasteiger partial charge in [0.05, 0.1) is 5.54 Å². The van der Waals surface area contributed by atoms with Crippen LogP contribution in [-0.4, -0.2) is 23.9 Å². The average molecular weight is 354 g/mol. The summed E-state index contributed by atoms with van der Waals surface area (Å²) in [6.07, 6.45) is 5.58. The summed E-state index contributed by atoms with van der Waals surface area (Å²) in [4.78, 5) is 24.3. The van der Waals surface area contributed by atoms with Crippen molar-refractivity contribution in [2.24, 2.45) is 5.73 Å². The smallest absolute Gasteiger partial charge is 0.251 e. The molecule has 0 heterocycles. The topological polar surface area (TPSA) is 84.2 Å². The number of nitrogens with two attached hydrogens (primary N) is 1. The SMILES string of the molecule is CCCNC(=O)c1cccc(CNC(=O)C2(N)CCCCC2)c1.Cl. The molecule has 0 spiro atoms. The van der Waals surface area contributed by atoms with Crippen molar-refractivity contribution in [3.05, 3.63) is 35.4 Å². The van der Waals surface area contributed by atoms with Crippen LogP contribution in [0.15, 0.2) is 24.3 Å². The summed E-state index contributed by atoms with van der Waals surface area (Å²) in [6, 6.07) is 7.33. The Hall–Kier alpha value is -1.59. The lowest BCUT2D eigenvalue weighted by Gasteiger charge is -2.31. The normalized spacial score (nSPS) is 15.9. The molecule has 0 aromatic heterocycles. The first-order chi connectivity index (χ1) is 11.0. The molecule has 0 bridgehead atoms. The van der Waals surface area contributed by atoms with Crippen LogP contribution in [0.25, 0.3) is 0 Å². The first-order valence-corrected chi connectivity index (χ1v) is 8.49. The Morgan fingerprint density at radius 1 is 1.17 bits per heavy atom. The molecule has 24 heavy (non-hydrogen) atoms. The largest absolute Gasteiger partial charge is 0.352 e. The Morgan fingerprint density at radius 2 is 1.88 bits per heavy atom. The van der Waals surface area contributed by atoms with Gasteiger partial charge in [0.15, 0.2) is 0 Å². The van der Waals surface area contributed by atoms with Gasteiger partial charge in [0, 0.05) is 18.7 Å². The molecular weight excluding hydrogens is 326 g/mol. The number of hydrogen-bond donors (Lipinski definition) is 3. The maximum absolute atomic E-state index is 12.3. The van der Waals surface area contributed by atoms with Gasteiger partial charge >= 0.3 is 0 Å². The molecule has 0 aliphatic heterocycles. The lowest BCUT2D eigenvalue weighted by Crippen LogP contribution is -2.54. The monoisotopic (exact) mass is 353 g/mol. The molecule has 5 nitrogen and oxygen atoms in total. The van der Waals surface area contributed by atoms with Gasteiger partial charge in [-0.15, -0.1) is 12.4 Å². The minimum atomic E-state index is -0.728. The van der Waals surface area contributed by atoms with Crippen molar-refractivity contribution in [3.8, 4) is 0 Å². The zero-order valence-electron chi connectivity index (χ0n) is 14.3. The van der Waals surface area contributed by atoms with E-state index in [2.05, 4.69) is 10.6 Å². The summed E-state index contributed by atoms with van der Waals surface area (Å²) < 4.78 is 0. The van der Waals surface area contributed by atoms with Crippen molar-refractivity contribution in [2.75, 3.05) is 6.54 Å². The van der Waals surface area contributed by atoms with Crippen LogP contribution in [0.1, 0.15) is 61.4 Å². The lowest BCUT2D eigenvalue weighted by molar-refractivity contribution is -0.127. The molecule has 134 valence electrons. The van der Waals surface area contributed by atoms with E-state index in [0.29, 0.717) is 18.7 Å². The summed E-state index contributed by atoms with van der Waals surface area (Å²) in [5, 5.41) is 5.78. The highest BCUT2D eigenvalue weighted by atomic mass is 35.5. The van der Waals surface area contributed by atoms with Crippen LogP contribution in [0, 0.1) is 0 Å². The molecule has 2 rings (SSSR count). The maximum Gasteiger partial charge on any atom is 0.251 e. The van der Waals surface area contributed by atoms with Crippen molar-refractivity contribution in [2.45, 2.75) is 57.5 Å². The second-order valence-corrected chi connectivity index (χ2v) is 6.36.